The number of benzene rings is 1. The van der Waals surface area contributed by atoms with Gasteiger partial charge in [-0.3, -0.25) is 4.90 Å². The second kappa shape index (κ2) is 6.82. The van der Waals surface area contributed by atoms with Gasteiger partial charge in [0.05, 0.1) is 13.2 Å². The van der Waals surface area contributed by atoms with Crippen molar-refractivity contribution in [3.05, 3.63) is 33.8 Å². The van der Waals surface area contributed by atoms with Crippen LogP contribution in [0.5, 0.6) is 0 Å². The summed E-state index contributed by atoms with van der Waals surface area (Å²) in [6.45, 7) is 7.51. The number of rotatable bonds is 3. The molecule has 2 fully saturated rings. The number of nitrogens with zero attached hydrogens (tertiary/aromatic N) is 1. The van der Waals surface area contributed by atoms with E-state index in [0.717, 1.165) is 37.5 Å². The lowest BCUT2D eigenvalue weighted by Crippen LogP contribution is -2.39. The summed E-state index contributed by atoms with van der Waals surface area (Å²) in [4.78, 5) is 2.57. The fourth-order valence-corrected chi connectivity index (χ4v) is 5.20. The number of aryl methyl sites for hydroxylation is 1. The molecule has 2 nitrogen and oxygen atoms in total. The van der Waals surface area contributed by atoms with Gasteiger partial charge in [0.15, 0.2) is 0 Å². The van der Waals surface area contributed by atoms with Crippen LogP contribution in [0, 0.1) is 6.92 Å². The maximum Gasteiger partial charge on any atom is 0.0594 e. The molecule has 110 valence electrons. The summed E-state index contributed by atoms with van der Waals surface area (Å²) in [6.07, 6.45) is 1.32. The monoisotopic (exact) mass is 355 g/mol. The Morgan fingerprint density at radius 1 is 1.35 bits per heavy atom. The molecular weight excluding hydrogens is 334 g/mol. The summed E-state index contributed by atoms with van der Waals surface area (Å²) in [7, 11) is 0. The van der Waals surface area contributed by atoms with Crippen LogP contribution in [0.2, 0.25) is 0 Å². The largest absolute Gasteiger partial charge is 0.379 e. The Labute approximate surface area is 134 Å². The highest BCUT2D eigenvalue weighted by Gasteiger charge is 2.29. The maximum atomic E-state index is 5.43. The zero-order chi connectivity index (χ0) is 13.9. The molecule has 2 unspecified atom stereocenters. The van der Waals surface area contributed by atoms with Crippen LogP contribution >= 0.6 is 27.7 Å². The van der Waals surface area contributed by atoms with Crippen molar-refractivity contribution in [3.63, 3.8) is 0 Å². The van der Waals surface area contributed by atoms with Crippen LogP contribution in [0.25, 0.3) is 0 Å². The molecule has 1 aromatic carbocycles. The third-order valence-electron chi connectivity index (χ3n) is 4.32. The van der Waals surface area contributed by atoms with Gasteiger partial charge in [-0.05, 0) is 42.5 Å². The Bertz CT molecular complexity index is 462. The Morgan fingerprint density at radius 2 is 2.15 bits per heavy atom. The molecule has 0 saturated carbocycles. The summed E-state index contributed by atoms with van der Waals surface area (Å²) in [5.41, 5.74) is 2.97. The van der Waals surface area contributed by atoms with Crippen molar-refractivity contribution < 1.29 is 4.74 Å². The van der Waals surface area contributed by atoms with Gasteiger partial charge in [0, 0.05) is 35.1 Å². The molecule has 0 amide bonds. The lowest BCUT2D eigenvalue weighted by Gasteiger charge is -2.28. The van der Waals surface area contributed by atoms with Crippen LogP contribution in [0.15, 0.2) is 22.7 Å². The average molecular weight is 356 g/mol. The molecule has 20 heavy (non-hydrogen) atoms. The molecule has 0 radical (unpaired) electrons. The maximum absolute atomic E-state index is 5.43. The third-order valence-corrected chi connectivity index (χ3v) is 6.22. The molecule has 2 saturated heterocycles. The molecule has 0 aromatic heterocycles. The van der Waals surface area contributed by atoms with Gasteiger partial charge in [-0.1, -0.05) is 22.0 Å². The van der Waals surface area contributed by atoms with E-state index in [0.29, 0.717) is 0 Å². The second-order valence-corrected chi connectivity index (χ2v) is 8.05. The Balaban J connectivity index is 1.58. The second-order valence-electron chi connectivity index (χ2n) is 5.80. The molecule has 0 bridgehead atoms. The summed E-state index contributed by atoms with van der Waals surface area (Å²) in [6, 6.07) is 6.74. The normalized spacial score (nSPS) is 27.9. The summed E-state index contributed by atoms with van der Waals surface area (Å²) >= 11 is 5.72. The zero-order valence-corrected chi connectivity index (χ0v) is 14.4. The van der Waals surface area contributed by atoms with Crippen molar-refractivity contribution >= 4 is 27.7 Å². The van der Waals surface area contributed by atoms with Crippen molar-refractivity contribution in [2.75, 3.05) is 38.6 Å². The van der Waals surface area contributed by atoms with E-state index in [1.807, 2.05) is 0 Å². The fraction of sp³-hybridized carbons (Fsp3) is 0.625. The molecule has 0 spiro atoms. The highest BCUT2D eigenvalue weighted by molar-refractivity contribution is 9.10. The molecule has 1 aromatic rings. The Kier molecular flexibility index (Phi) is 5.08. The number of thioether (sulfide) groups is 1. The number of hydrogen-bond acceptors (Lipinski definition) is 3. The number of ether oxygens (including phenoxy) is 1. The van der Waals surface area contributed by atoms with Gasteiger partial charge < -0.3 is 4.74 Å². The number of hydrogen-bond donors (Lipinski definition) is 0. The SMILES string of the molecule is Cc1cc(Br)ccc1C1CSC(CN2CCOCC2)C1. The first-order valence-corrected chi connectivity index (χ1v) is 9.24. The topological polar surface area (TPSA) is 12.5 Å². The zero-order valence-electron chi connectivity index (χ0n) is 12.0. The molecule has 2 aliphatic heterocycles. The minimum absolute atomic E-state index is 0.735. The minimum atomic E-state index is 0.735. The van der Waals surface area contributed by atoms with Gasteiger partial charge in [0.25, 0.3) is 0 Å². The molecule has 3 rings (SSSR count). The summed E-state index contributed by atoms with van der Waals surface area (Å²) in [5.74, 6) is 2.01. The van der Waals surface area contributed by atoms with E-state index >= 15 is 0 Å². The summed E-state index contributed by atoms with van der Waals surface area (Å²) < 4.78 is 6.62. The first-order chi connectivity index (χ1) is 9.72. The van der Waals surface area contributed by atoms with Crippen molar-refractivity contribution in [1.29, 1.82) is 0 Å². The van der Waals surface area contributed by atoms with E-state index in [4.69, 9.17) is 4.74 Å². The first kappa shape index (κ1) is 14.9. The molecular formula is C16H22BrNOS. The third kappa shape index (κ3) is 3.59. The van der Waals surface area contributed by atoms with E-state index in [9.17, 15) is 0 Å². The van der Waals surface area contributed by atoms with Crippen LogP contribution in [0.3, 0.4) is 0 Å². The van der Waals surface area contributed by atoms with Gasteiger partial charge >= 0.3 is 0 Å². The van der Waals surface area contributed by atoms with Gasteiger partial charge in [-0.2, -0.15) is 11.8 Å². The van der Waals surface area contributed by atoms with Gasteiger partial charge in [-0.25, -0.2) is 0 Å². The lowest BCUT2D eigenvalue weighted by molar-refractivity contribution is 0.0380. The van der Waals surface area contributed by atoms with Crippen LogP contribution in [-0.2, 0) is 4.74 Å². The van der Waals surface area contributed by atoms with Crippen LogP contribution < -0.4 is 0 Å². The standard InChI is InChI=1S/C16H22BrNOS/c1-12-8-14(17)2-3-16(12)13-9-15(20-11-13)10-18-4-6-19-7-5-18/h2-3,8,13,15H,4-7,9-11H2,1H3. The molecule has 2 aliphatic rings. The van der Waals surface area contributed by atoms with Crippen LogP contribution in [-0.4, -0.2) is 48.8 Å². The van der Waals surface area contributed by atoms with E-state index < -0.39 is 0 Å². The van der Waals surface area contributed by atoms with Crippen molar-refractivity contribution in [2.45, 2.75) is 24.5 Å². The van der Waals surface area contributed by atoms with Crippen molar-refractivity contribution in [3.8, 4) is 0 Å². The van der Waals surface area contributed by atoms with Crippen LogP contribution in [0.1, 0.15) is 23.5 Å². The Morgan fingerprint density at radius 3 is 2.90 bits per heavy atom. The summed E-state index contributed by atoms with van der Waals surface area (Å²) in [5, 5.41) is 0.793. The molecule has 4 heteroatoms. The van der Waals surface area contributed by atoms with E-state index in [1.54, 1.807) is 5.56 Å². The van der Waals surface area contributed by atoms with Gasteiger partial charge in [-0.15, -0.1) is 0 Å². The quantitative estimate of drug-likeness (QED) is 0.820. The minimum Gasteiger partial charge on any atom is -0.379 e. The molecule has 0 N–H and O–H groups in total. The van der Waals surface area contributed by atoms with E-state index in [2.05, 4.69) is 57.7 Å². The lowest BCUT2D eigenvalue weighted by atomic mass is 9.92. The predicted octanol–water partition coefficient (Wildman–Crippen LogP) is 3.68. The van der Waals surface area contributed by atoms with Crippen molar-refractivity contribution in [2.24, 2.45) is 0 Å². The molecule has 2 atom stereocenters. The average Bonchev–Trinajstić information content (AvgIpc) is 2.88. The highest BCUT2D eigenvalue weighted by Crippen LogP contribution is 2.40. The fourth-order valence-electron chi connectivity index (χ4n) is 3.22. The van der Waals surface area contributed by atoms with Crippen molar-refractivity contribution in [1.82, 2.24) is 4.90 Å². The van der Waals surface area contributed by atoms with Gasteiger partial charge in [0.1, 0.15) is 0 Å². The van der Waals surface area contributed by atoms with Gasteiger partial charge in [0.2, 0.25) is 0 Å². The van der Waals surface area contributed by atoms with E-state index in [-0.39, 0.29) is 0 Å². The Hall–Kier alpha value is -0.0300. The number of morpholine rings is 1. The predicted molar refractivity (Wildman–Crippen MR) is 89.7 cm³/mol. The highest BCUT2D eigenvalue weighted by atomic mass is 79.9. The van der Waals surface area contributed by atoms with E-state index in [1.165, 1.54) is 28.8 Å². The van der Waals surface area contributed by atoms with Crippen LogP contribution in [0.4, 0.5) is 0 Å². The number of halogens is 1. The molecule has 0 aliphatic carbocycles. The molecule has 2 heterocycles. The first-order valence-electron chi connectivity index (χ1n) is 7.40. The smallest absolute Gasteiger partial charge is 0.0594 e.